The van der Waals surface area contributed by atoms with Crippen LogP contribution in [-0.2, 0) is 10.0 Å². The number of hydrogen-bond donors (Lipinski definition) is 2. The summed E-state index contributed by atoms with van der Waals surface area (Å²) in [7, 11) is -3.33. The summed E-state index contributed by atoms with van der Waals surface area (Å²) >= 11 is 2.83. The maximum Gasteiger partial charge on any atom is 0.224 e. The van der Waals surface area contributed by atoms with E-state index in [1.807, 2.05) is 0 Å². The van der Waals surface area contributed by atoms with Gasteiger partial charge in [-0.3, -0.25) is 0 Å². The van der Waals surface area contributed by atoms with Crippen molar-refractivity contribution in [3.63, 3.8) is 0 Å². The molecule has 0 bridgehead atoms. The monoisotopic (exact) mass is 259 g/mol. The van der Waals surface area contributed by atoms with Crippen molar-refractivity contribution in [2.45, 2.75) is 12.2 Å². The van der Waals surface area contributed by atoms with Gasteiger partial charge in [0, 0.05) is 13.1 Å². The highest BCUT2D eigenvalue weighted by Crippen LogP contribution is 2.15. The maximum absolute atomic E-state index is 11.1. The highest BCUT2D eigenvalue weighted by Gasteiger charge is 2.35. The zero-order chi connectivity index (χ0) is 9.35. The van der Waals surface area contributed by atoms with Gasteiger partial charge in [-0.2, -0.15) is 4.31 Å². The topological polar surface area (TPSA) is 77.8 Å². The van der Waals surface area contributed by atoms with Crippen molar-refractivity contribution in [1.82, 2.24) is 4.31 Å². The minimum Gasteiger partial charge on any atom is -0.389 e. The highest BCUT2D eigenvalue weighted by molar-refractivity contribution is 9.10. The minimum atomic E-state index is -3.33. The normalized spacial score (nSPS) is 32.6. The molecular formula is C5H10BrNO4S. The second kappa shape index (κ2) is 3.59. The van der Waals surface area contributed by atoms with Crippen LogP contribution in [-0.4, -0.2) is 52.9 Å². The van der Waals surface area contributed by atoms with Gasteiger partial charge < -0.3 is 10.2 Å². The molecule has 1 aliphatic heterocycles. The average molecular weight is 260 g/mol. The van der Waals surface area contributed by atoms with Crippen LogP contribution in [0.4, 0.5) is 0 Å². The van der Waals surface area contributed by atoms with E-state index in [-0.39, 0.29) is 17.8 Å². The summed E-state index contributed by atoms with van der Waals surface area (Å²) in [4.78, 5) is 0. The fourth-order valence-electron chi connectivity index (χ4n) is 1.03. The summed E-state index contributed by atoms with van der Waals surface area (Å²) in [6.45, 7) is -0.0375. The lowest BCUT2D eigenvalue weighted by Gasteiger charge is -2.12. The number of nitrogens with zero attached hydrogens (tertiary/aromatic N) is 1. The number of β-amino-alcohol motifs (C(OH)–C–C–N with tert-alkyl or cyclic N) is 2. The SMILES string of the molecule is O=S(=O)(CBr)N1CC(O)C(O)C1. The van der Waals surface area contributed by atoms with Gasteiger partial charge in [0.15, 0.2) is 0 Å². The summed E-state index contributed by atoms with van der Waals surface area (Å²) in [5.74, 6) is 0. The number of hydrogen-bond acceptors (Lipinski definition) is 4. The molecule has 0 aromatic rings. The largest absolute Gasteiger partial charge is 0.389 e. The molecule has 72 valence electrons. The van der Waals surface area contributed by atoms with E-state index in [0.717, 1.165) is 4.31 Å². The van der Waals surface area contributed by atoms with Crippen molar-refractivity contribution >= 4 is 26.0 Å². The van der Waals surface area contributed by atoms with Gasteiger partial charge in [-0.15, -0.1) is 0 Å². The van der Waals surface area contributed by atoms with E-state index in [2.05, 4.69) is 15.9 Å². The van der Waals surface area contributed by atoms with Gasteiger partial charge in [0.25, 0.3) is 0 Å². The Hall–Kier alpha value is 0.310. The van der Waals surface area contributed by atoms with Crippen LogP contribution >= 0.6 is 15.9 Å². The Kier molecular flexibility index (Phi) is 3.11. The molecule has 1 aliphatic rings. The molecule has 0 spiro atoms. The predicted octanol–water partition coefficient (Wildman–Crippen LogP) is -1.29. The highest BCUT2D eigenvalue weighted by atomic mass is 79.9. The fourth-order valence-corrected chi connectivity index (χ4v) is 2.80. The number of rotatable bonds is 2. The second-order valence-corrected chi connectivity index (χ2v) is 5.94. The molecule has 2 atom stereocenters. The summed E-state index contributed by atoms with van der Waals surface area (Å²) in [5.41, 5.74) is 0. The average Bonchev–Trinajstić information content (AvgIpc) is 2.33. The molecule has 1 heterocycles. The third-order valence-corrected chi connectivity index (χ3v) is 4.85. The predicted molar refractivity (Wildman–Crippen MR) is 46.3 cm³/mol. The van der Waals surface area contributed by atoms with Crippen molar-refractivity contribution in [2.75, 3.05) is 17.8 Å². The van der Waals surface area contributed by atoms with Gasteiger partial charge in [0.05, 0.1) is 12.2 Å². The van der Waals surface area contributed by atoms with Crippen LogP contribution in [0.2, 0.25) is 0 Å². The van der Waals surface area contributed by atoms with E-state index >= 15 is 0 Å². The Bertz CT molecular complexity index is 244. The van der Waals surface area contributed by atoms with E-state index in [1.165, 1.54) is 0 Å². The van der Waals surface area contributed by atoms with E-state index in [1.54, 1.807) is 0 Å². The number of sulfonamides is 1. The number of halogens is 1. The van der Waals surface area contributed by atoms with Crippen molar-refractivity contribution in [2.24, 2.45) is 0 Å². The van der Waals surface area contributed by atoms with Crippen LogP contribution < -0.4 is 0 Å². The van der Waals surface area contributed by atoms with Crippen molar-refractivity contribution in [1.29, 1.82) is 0 Å². The first-order valence-electron chi connectivity index (χ1n) is 3.37. The summed E-state index contributed by atoms with van der Waals surface area (Å²) in [6, 6.07) is 0. The van der Waals surface area contributed by atoms with Crippen LogP contribution in [0.5, 0.6) is 0 Å². The molecule has 1 saturated heterocycles. The van der Waals surface area contributed by atoms with Crippen LogP contribution in [0.1, 0.15) is 0 Å². The van der Waals surface area contributed by atoms with Crippen LogP contribution in [0, 0.1) is 0 Å². The first kappa shape index (κ1) is 10.4. The second-order valence-electron chi connectivity index (χ2n) is 2.67. The van der Waals surface area contributed by atoms with Crippen LogP contribution in [0.15, 0.2) is 0 Å². The lowest BCUT2D eigenvalue weighted by Crippen LogP contribution is -2.30. The number of aliphatic hydroxyl groups excluding tert-OH is 2. The third kappa shape index (κ3) is 1.97. The van der Waals surface area contributed by atoms with Gasteiger partial charge in [-0.25, -0.2) is 8.42 Å². The summed E-state index contributed by atoms with van der Waals surface area (Å²) in [6.07, 6.45) is -1.92. The molecular weight excluding hydrogens is 250 g/mol. The molecule has 2 unspecified atom stereocenters. The van der Waals surface area contributed by atoms with Crippen molar-refractivity contribution < 1.29 is 18.6 Å². The molecule has 5 nitrogen and oxygen atoms in total. The van der Waals surface area contributed by atoms with Gasteiger partial charge in [-0.05, 0) is 0 Å². The first-order chi connectivity index (χ1) is 5.47. The van der Waals surface area contributed by atoms with E-state index in [4.69, 9.17) is 10.2 Å². The quantitative estimate of drug-likeness (QED) is 0.605. The standard InChI is InChI=1S/C5H10BrNO4S/c6-3-12(10,11)7-1-4(8)5(9)2-7/h4-5,8-9H,1-3H2. The molecule has 2 N–H and O–H groups in total. The number of alkyl halides is 1. The summed E-state index contributed by atoms with van der Waals surface area (Å²) < 4.78 is 23.2. The Morgan fingerprint density at radius 3 is 2.08 bits per heavy atom. The van der Waals surface area contributed by atoms with E-state index in [9.17, 15) is 8.42 Å². The Balaban J connectivity index is 2.70. The Morgan fingerprint density at radius 2 is 1.75 bits per heavy atom. The van der Waals surface area contributed by atoms with E-state index in [0.29, 0.717) is 0 Å². The number of aliphatic hydroxyl groups is 2. The molecule has 7 heteroatoms. The zero-order valence-corrected chi connectivity index (χ0v) is 8.62. The molecule has 0 aromatic heterocycles. The minimum absolute atomic E-state index is 0.0187. The van der Waals surface area contributed by atoms with E-state index < -0.39 is 22.2 Å². The molecule has 1 rings (SSSR count). The molecule has 0 saturated carbocycles. The van der Waals surface area contributed by atoms with Gasteiger partial charge in [-0.1, -0.05) is 15.9 Å². The van der Waals surface area contributed by atoms with Gasteiger partial charge >= 0.3 is 0 Å². The molecule has 1 fully saturated rings. The Morgan fingerprint density at radius 1 is 1.33 bits per heavy atom. The maximum atomic E-state index is 11.1. The lowest BCUT2D eigenvalue weighted by atomic mass is 10.3. The molecule has 0 aromatic carbocycles. The van der Waals surface area contributed by atoms with Crippen molar-refractivity contribution in [3.8, 4) is 0 Å². The third-order valence-electron chi connectivity index (χ3n) is 1.76. The van der Waals surface area contributed by atoms with Gasteiger partial charge in [0.1, 0.15) is 4.66 Å². The first-order valence-corrected chi connectivity index (χ1v) is 6.10. The fraction of sp³-hybridized carbons (Fsp3) is 1.00. The molecule has 12 heavy (non-hydrogen) atoms. The summed E-state index contributed by atoms with van der Waals surface area (Å²) in [5, 5.41) is 18.1. The molecule has 0 radical (unpaired) electrons. The molecule has 0 aliphatic carbocycles. The van der Waals surface area contributed by atoms with Crippen LogP contribution in [0.25, 0.3) is 0 Å². The molecule has 0 amide bonds. The van der Waals surface area contributed by atoms with Crippen molar-refractivity contribution in [3.05, 3.63) is 0 Å². The smallest absolute Gasteiger partial charge is 0.224 e. The zero-order valence-electron chi connectivity index (χ0n) is 6.22. The van der Waals surface area contributed by atoms with Crippen LogP contribution in [0.3, 0.4) is 0 Å². The lowest BCUT2D eigenvalue weighted by molar-refractivity contribution is 0.0572. The Labute approximate surface area is 79.2 Å². The van der Waals surface area contributed by atoms with Gasteiger partial charge in [0.2, 0.25) is 10.0 Å².